The van der Waals surface area contributed by atoms with Gasteiger partial charge in [0.05, 0.1) is 6.54 Å². The van der Waals surface area contributed by atoms with E-state index in [1.807, 2.05) is 19.1 Å². The summed E-state index contributed by atoms with van der Waals surface area (Å²) >= 11 is 0. The first-order chi connectivity index (χ1) is 11.7. The molecule has 2 fully saturated rings. The summed E-state index contributed by atoms with van der Waals surface area (Å²) in [6.07, 6.45) is 0. The van der Waals surface area contributed by atoms with Crippen molar-refractivity contribution in [3.05, 3.63) is 41.8 Å². The van der Waals surface area contributed by atoms with Gasteiger partial charge in [-0.15, -0.1) is 0 Å². The van der Waals surface area contributed by atoms with E-state index in [1.54, 1.807) is 0 Å². The van der Waals surface area contributed by atoms with E-state index >= 15 is 0 Å². The number of hydrogen-bond donors (Lipinski definition) is 0. The maximum Gasteiger partial charge on any atom is 0.223 e. The van der Waals surface area contributed by atoms with Crippen LogP contribution < -0.4 is 4.90 Å². The molecule has 0 amide bonds. The quantitative estimate of drug-likeness (QED) is 0.847. The fraction of sp³-hybridized carbons (Fsp3) is 0.529. The SMILES string of the molecule is Cc1nc(CN2CC(N3CCN(c4ccc(F)cc4)CC3)C2)no1. The van der Waals surface area contributed by atoms with Crippen molar-refractivity contribution >= 4 is 5.69 Å². The van der Waals surface area contributed by atoms with Crippen molar-refractivity contribution in [3.8, 4) is 0 Å². The molecule has 7 heteroatoms. The number of aromatic nitrogens is 2. The molecule has 0 bridgehead atoms. The van der Waals surface area contributed by atoms with Crippen LogP contribution in [0.25, 0.3) is 0 Å². The maximum absolute atomic E-state index is 13.0. The highest BCUT2D eigenvalue weighted by Crippen LogP contribution is 2.21. The highest BCUT2D eigenvalue weighted by Gasteiger charge is 2.34. The molecule has 2 saturated heterocycles. The zero-order valence-electron chi connectivity index (χ0n) is 13.9. The Bertz CT molecular complexity index is 675. The minimum Gasteiger partial charge on any atom is -0.369 e. The molecule has 0 N–H and O–H groups in total. The van der Waals surface area contributed by atoms with E-state index in [2.05, 4.69) is 24.8 Å². The van der Waals surface area contributed by atoms with E-state index in [4.69, 9.17) is 4.52 Å². The van der Waals surface area contributed by atoms with Crippen LogP contribution in [-0.4, -0.2) is 65.3 Å². The second-order valence-corrected chi connectivity index (χ2v) is 6.58. The summed E-state index contributed by atoms with van der Waals surface area (Å²) < 4.78 is 18.0. The second-order valence-electron chi connectivity index (χ2n) is 6.58. The minimum absolute atomic E-state index is 0.177. The van der Waals surface area contributed by atoms with Gasteiger partial charge in [0.15, 0.2) is 5.82 Å². The van der Waals surface area contributed by atoms with Crippen LogP contribution in [-0.2, 0) is 6.54 Å². The van der Waals surface area contributed by atoms with Crippen LogP contribution in [0.3, 0.4) is 0 Å². The molecule has 4 rings (SSSR count). The Labute approximate surface area is 140 Å². The molecular formula is C17H22FN5O. The van der Waals surface area contributed by atoms with Gasteiger partial charge in [-0.3, -0.25) is 9.80 Å². The zero-order valence-corrected chi connectivity index (χ0v) is 13.9. The van der Waals surface area contributed by atoms with Crippen molar-refractivity contribution in [2.75, 3.05) is 44.2 Å². The van der Waals surface area contributed by atoms with Gasteiger partial charge in [-0.05, 0) is 24.3 Å². The Balaban J connectivity index is 1.23. The highest BCUT2D eigenvalue weighted by molar-refractivity contribution is 5.46. The second kappa shape index (κ2) is 6.49. The molecule has 0 aliphatic carbocycles. The van der Waals surface area contributed by atoms with Crippen molar-refractivity contribution in [3.63, 3.8) is 0 Å². The molecule has 2 aliphatic rings. The van der Waals surface area contributed by atoms with E-state index in [9.17, 15) is 4.39 Å². The smallest absolute Gasteiger partial charge is 0.223 e. The molecule has 0 spiro atoms. The van der Waals surface area contributed by atoms with Gasteiger partial charge in [0.25, 0.3) is 0 Å². The normalized spacial score (nSPS) is 20.3. The molecule has 3 heterocycles. The lowest BCUT2D eigenvalue weighted by Gasteiger charge is -2.48. The van der Waals surface area contributed by atoms with Crippen LogP contribution in [0.2, 0.25) is 0 Å². The minimum atomic E-state index is -0.177. The number of piperazine rings is 1. The Kier molecular flexibility index (Phi) is 4.20. The van der Waals surface area contributed by atoms with Gasteiger partial charge in [-0.1, -0.05) is 5.16 Å². The van der Waals surface area contributed by atoms with Crippen molar-refractivity contribution < 1.29 is 8.91 Å². The van der Waals surface area contributed by atoms with Gasteiger partial charge in [0.2, 0.25) is 5.89 Å². The Morgan fingerprint density at radius 3 is 2.46 bits per heavy atom. The van der Waals surface area contributed by atoms with Crippen molar-refractivity contribution in [2.24, 2.45) is 0 Å². The summed E-state index contributed by atoms with van der Waals surface area (Å²) in [4.78, 5) is 11.5. The van der Waals surface area contributed by atoms with E-state index in [0.29, 0.717) is 11.9 Å². The lowest BCUT2D eigenvalue weighted by Crippen LogP contribution is -2.62. The molecule has 128 valence electrons. The van der Waals surface area contributed by atoms with E-state index in [1.165, 1.54) is 12.1 Å². The molecule has 1 aromatic carbocycles. The maximum atomic E-state index is 13.0. The fourth-order valence-electron chi connectivity index (χ4n) is 3.51. The average Bonchev–Trinajstić information content (AvgIpc) is 2.97. The summed E-state index contributed by atoms with van der Waals surface area (Å²) in [7, 11) is 0. The Hall–Kier alpha value is -1.99. The first kappa shape index (κ1) is 15.5. The Morgan fingerprint density at radius 1 is 1.12 bits per heavy atom. The topological polar surface area (TPSA) is 48.6 Å². The summed E-state index contributed by atoms with van der Waals surface area (Å²) in [6.45, 7) is 8.79. The summed E-state index contributed by atoms with van der Waals surface area (Å²) in [5.41, 5.74) is 1.11. The van der Waals surface area contributed by atoms with E-state index in [0.717, 1.165) is 57.3 Å². The van der Waals surface area contributed by atoms with Crippen molar-refractivity contribution in [1.29, 1.82) is 0 Å². The lowest BCUT2D eigenvalue weighted by atomic mass is 10.1. The molecule has 0 saturated carbocycles. The third kappa shape index (κ3) is 3.27. The van der Waals surface area contributed by atoms with Gasteiger partial charge in [-0.2, -0.15) is 4.98 Å². The molecular weight excluding hydrogens is 309 g/mol. The van der Waals surface area contributed by atoms with Crippen molar-refractivity contribution in [1.82, 2.24) is 19.9 Å². The average molecular weight is 331 g/mol. The zero-order chi connectivity index (χ0) is 16.5. The monoisotopic (exact) mass is 331 g/mol. The molecule has 6 nitrogen and oxygen atoms in total. The number of likely N-dealkylation sites (tertiary alicyclic amines) is 1. The number of aryl methyl sites for hydroxylation is 1. The number of hydrogen-bond acceptors (Lipinski definition) is 6. The standard InChI is InChI=1S/C17H22FN5O/c1-13-19-17(20-24-13)12-21-10-16(11-21)23-8-6-22(7-9-23)15-4-2-14(18)3-5-15/h2-5,16H,6-12H2,1H3. The van der Waals surface area contributed by atoms with Gasteiger partial charge >= 0.3 is 0 Å². The first-order valence-corrected chi connectivity index (χ1v) is 8.43. The molecule has 0 unspecified atom stereocenters. The molecule has 0 atom stereocenters. The number of halogens is 1. The van der Waals surface area contributed by atoms with Gasteiger partial charge in [0, 0.05) is 57.9 Å². The van der Waals surface area contributed by atoms with Gasteiger partial charge < -0.3 is 9.42 Å². The molecule has 2 aromatic rings. The lowest BCUT2D eigenvalue weighted by molar-refractivity contribution is 0.0237. The molecule has 24 heavy (non-hydrogen) atoms. The van der Waals surface area contributed by atoms with Gasteiger partial charge in [-0.25, -0.2) is 4.39 Å². The van der Waals surface area contributed by atoms with Crippen LogP contribution in [0.15, 0.2) is 28.8 Å². The summed E-state index contributed by atoms with van der Waals surface area (Å²) in [5, 5.41) is 3.95. The van der Waals surface area contributed by atoms with E-state index in [-0.39, 0.29) is 5.82 Å². The number of rotatable bonds is 4. The number of anilines is 1. The highest BCUT2D eigenvalue weighted by atomic mass is 19.1. The number of nitrogens with zero attached hydrogens (tertiary/aromatic N) is 5. The van der Waals surface area contributed by atoms with Crippen LogP contribution in [0.5, 0.6) is 0 Å². The van der Waals surface area contributed by atoms with Crippen LogP contribution in [0.4, 0.5) is 10.1 Å². The van der Waals surface area contributed by atoms with Crippen LogP contribution >= 0.6 is 0 Å². The van der Waals surface area contributed by atoms with E-state index < -0.39 is 0 Å². The Morgan fingerprint density at radius 2 is 1.83 bits per heavy atom. The van der Waals surface area contributed by atoms with Crippen molar-refractivity contribution in [2.45, 2.75) is 19.5 Å². The van der Waals surface area contributed by atoms with Crippen LogP contribution in [0.1, 0.15) is 11.7 Å². The third-order valence-electron chi connectivity index (χ3n) is 4.89. The predicted molar refractivity (Wildman–Crippen MR) is 88.3 cm³/mol. The first-order valence-electron chi connectivity index (χ1n) is 8.43. The van der Waals surface area contributed by atoms with Crippen LogP contribution in [0, 0.1) is 12.7 Å². The summed E-state index contributed by atoms with van der Waals surface area (Å²) in [5.74, 6) is 1.22. The third-order valence-corrected chi connectivity index (χ3v) is 4.89. The summed E-state index contributed by atoms with van der Waals surface area (Å²) in [6, 6.07) is 7.41. The van der Waals surface area contributed by atoms with Gasteiger partial charge in [0.1, 0.15) is 5.82 Å². The molecule has 0 radical (unpaired) electrons. The number of benzene rings is 1. The largest absolute Gasteiger partial charge is 0.369 e. The predicted octanol–water partition coefficient (Wildman–Crippen LogP) is 1.52. The molecule has 2 aliphatic heterocycles. The molecule has 1 aromatic heterocycles. The fourth-order valence-corrected chi connectivity index (χ4v) is 3.51.